The van der Waals surface area contributed by atoms with Gasteiger partial charge in [-0.1, -0.05) is 17.7 Å². The smallest absolute Gasteiger partial charge is 0.119 e. The van der Waals surface area contributed by atoms with Gasteiger partial charge in [-0.05, 0) is 42.8 Å². The van der Waals surface area contributed by atoms with Gasteiger partial charge in [0.1, 0.15) is 12.4 Å². The van der Waals surface area contributed by atoms with E-state index in [0.29, 0.717) is 6.61 Å². The number of hydrogen-bond donors (Lipinski definition) is 1. The van der Waals surface area contributed by atoms with Crippen LogP contribution in [0.2, 0.25) is 5.02 Å². The van der Waals surface area contributed by atoms with Crippen molar-refractivity contribution in [1.29, 1.82) is 0 Å². The normalized spacial score (nSPS) is 15.9. The summed E-state index contributed by atoms with van der Waals surface area (Å²) in [7, 11) is 0. The van der Waals surface area contributed by atoms with E-state index >= 15 is 0 Å². The molecule has 1 heterocycles. The van der Waals surface area contributed by atoms with Gasteiger partial charge in [-0.25, -0.2) is 0 Å². The van der Waals surface area contributed by atoms with Gasteiger partial charge in [0.15, 0.2) is 0 Å². The Hall–Kier alpha value is -0.990. The van der Waals surface area contributed by atoms with Crippen LogP contribution in [-0.4, -0.2) is 19.7 Å². The van der Waals surface area contributed by atoms with Crippen LogP contribution in [0.5, 0.6) is 5.75 Å². The van der Waals surface area contributed by atoms with Crippen molar-refractivity contribution < 1.29 is 4.74 Å². The van der Waals surface area contributed by atoms with Gasteiger partial charge in [0, 0.05) is 11.6 Å². The van der Waals surface area contributed by atoms with E-state index in [4.69, 9.17) is 16.3 Å². The average molecular weight is 224 g/mol. The molecule has 0 aliphatic carbocycles. The van der Waals surface area contributed by atoms with E-state index in [9.17, 15) is 0 Å². The zero-order valence-electron chi connectivity index (χ0n) is 8.50. The van der Waals surface area contributed by atoms with Crippen LogP contribution in [0.15, 0.2) is 35.9 Å². The van der Waals surface area contributed by atoms with Crippen molar-refractivity contribution in [1.82, 2.24) is 5.32 Å². The van der Waals surface area contributed by atoms with Crippen molar-refractivity contribution in [3.8, 4) is 5.75 Å². The predicted octanol–water partition coefficient (Wildman–Crippen LogP) is 2.64. The highest BCUT2D eigenvalue weighted by Crippen LogP contribution is 2.16. The third kappa shape index (κ3) is 3.26. The summed E-state index contributed by atoms with van der Waals surface area (Å²) in [6, 6.07) is 7.45. The fourth-order valence-electron chi connectivity index (χ4n) is 1.52. The molecule has 0 radical (unpaired) electrons. The number of halogens is 1. The fourth-order valence-corrected chi connectivity index (χ4v) is 1.64. The first kappa shape index (κ1) is 10.5. The minimum absolute atomic E-state index is 0.661. The lowest BCUT2D eigenvalue weighted by Crippen LogP contribution is -2.24. The van der Waals surface area contributed by atoms with Gasteiger partial charge in [0.25, 0.3) is 0 Å². The molecule has 1 aliphatic heterocycles. The molecule has 0 saturated carbocycles. The minimum Gasteiger partial charge on any atom is -0.489 e. The molecule has 15 heavy (non-hydrogen) atoms. The highest BCUT2D eigenvalue weighted by atomic mass is 35.5. The summed E-state index contributed by atoms with van der Waals surface area (Å²) in [5, 5.41) is 4.05. The second-order valence-corrected chi connectivity index (χ2v) is 4.01. The summed E-state index contributed by atoms with van der Waals surface area (Å²) in [5.41, 5.74) is 1.32. The molecule has 0 amide bonds. The molecule has 1 N–H and O–H groups in total. The van der Waals surface area contributed by atoms with Crippen LogP contribution in [0.25, 0.3) is 0 Å². The molecule has 2 rings (SSSR count). The van der Waals surface area contributed by atoms with Gasteiger partial charge in [0.05, 0.1) is 0 Å². The van der Waals surface area contributed by atoms with E-state index in [1.165, 1.54) is 5.57 Å². The van der Waals surface area contributed by atoms with E-state index in [2.05, 4.69) is 11.4 Å². The van der Waals surface area contributed by atoms with Crippen LogP contribution in [0, 0.1) is 0 Å². The Morgan fingerprint density at radius 2 is 2.07 bits per heavy atom. The SMILES string of the molecule is Clc1ccc(OCC2=CCCNC2)cc1. The maximum Gasteiger partial charge on any atom is 0.119 e. The Balaban J connectivity index is 1.87. The number of ether oxygens (including phenoxy) is 1. The standard InChI is InChI=1S/C12H14ClNO/c13-11-3-5-12(6-4-11)15-9-10-2-1-7-14-8-10/h2-6,14H,1,7-9H2. The van der Waals surface area contributed by atoms with E-state index in [0.717, 1.165) is 30.3 Å². The van der Waals surface area contributed by atoms with Crippen molar-refractivity contribution in [2.75, 3.05) is 19.7 Å². The van der Waals surface area contributed by atoms with Gasteiger partial charge in [0.2, 0.25) is 0 Å². The van der Waals surface area contributed by atoms with E-state index < -0.39 is 0 Å². The molecule has 0 fully saturated rings. The van der Waals surface area contributed by atoms with Crippen molar-refractivity contribution in [3.63, 3.8) is 0 Å². The molecule has 0 spiro atoms. The summed E-state index contributed by atoms with van der Waals surface area (Å²) >= 11 is 5.78. The molecule has 0 atom stereocenters. The van der Waals surface area contributed by atoms with E-state index in [1.807, 2.05) is 24.3 Å². The van der Waals surface area contributed by atoms with Crippen molar-refractivity contribution in [2.24, 2.45) is 0 Å². The molecule has 3 heteroatoms. The number of rotatable bonds is 3. The Bertz CT molecular complexity index is 345. The molecule has 1 aromatic carbocycles. The molecule has 1 aromatic rings. The van der Waals surface area contributed by atoms with Gasteiger partial charge in [-0.3, -0.25) is 0 Å². The second kappa shape index (κ2) is 5.19. The zero-order valence-corrected chi connectivity index (χ0v) is 9.26. The number of hydrogen-bond acceptors (Lipinski definition) is 2. The Morgan fingerprint density at radius 1 is 1.27 bits per heavy atom. The lowest BCUT2D eigenvalue weighted by Gasteiger charge is -2.14. The molecule has 1 aliphatic rings. The summed E-state index contributed by atoms with van der Waals surface area (Å²) in [6.07, 6.45) is 3.34. The maximum absolute atomic E-state index is 5.78. The molecule has 0 saturated heterocycles. The van der Waals surface area contributed by atoms with Crippen LogP contribution in [-0.2, 0) is 0 Å². The van der Waals surface area contributed by atoms with Crippen LogP contribution in [0.1, 0.15) is 6.42 Å². The third-order valence-corrected chi connectivity index (χ3v) is 2.60. The van der Waals surface area contributed by atoms with Gasteiger partial charge < -0.3 is 10.1 Å². The largest absolute Gasteiger partial charge is 0.489 e. The molecule has 0 unspecified atom stereocenters. The third-order valence-electron chi connectivity index (χ3n) is 2.34. The van der Waals surface area contributed by atoms with Crippen LogP contribution in [0.3, 0.4) is 0 Å². The first-order valence-electron chi connectivity index (χ1n) is 5.11. The van der Waals surface area contributed by atoms with Gasteiger partial charge in [-0.2, -0.15) is 0 Å². The van der Waals surface area contributed by atoms with Gasteiger partial charge >= 0.3 is 0 Å². The monoisotopic (exact) mass is 223 g/mol. The average Bonchev–Trinajstić information content (AvgIpc) is 2.30. The first-order valence-corrected chi connectivity index (χ1v) is 5.49. The van der Waals surface area contributed by atoms with E-state index in [1.54, 1.807) is 0 Å². The molecular formula is C12H14ClNO. The molecule has 0 aromatic heterocycles. The van der Waals surface area contributed by atoms with Gasteiger partial charge in [-0.15, -0.1) is 0 Å². The molecule has 0 bridgehead atoms. The quantitative estimate of drug-likeness (QED) is 0.796. The maximum atomic E-state index is 5.78. The summed E-state index contributed by atoms with van der Waals surface area (Å²) in [4.78, 5) is 0. The highest BCUT2D eigenvalue weighted by molar-refractivity contribution is 6.30. The highest BCUT2D eigenvalue weighted by Gasteiger charge is 2.03. The van der Waals surface area contributed by atoms with Crippen molar-refractivity contribution >= 4 is 11.6 Å². The molecule has 2 nitrogen and oxygen atoms in total. The Labute approximate surface area is 94.9 Å². The number of benzene rings is 1. The summed E-state index contributed by atoms with van der Waals surface area (Å²) in [6.45, 7) is 2.67. The Kier molecular flexibility index (Phi) is 3.64. The van der Waals surface area contributed by atoms with Crippen LogP contribution < -0.4 is 10.1 Å². The lowest BCUT2D eigenvalue weighted by molar-refractivity contribution is 0.345. The van der Waals surface area contributed by atoms with Crippen LogP contribution >= 0.6 is 11.6 Å². The van der Waals surface area contributed by atoms with Crippen molar-refractivity contribution in [3.05, 3.63) is 40.9 Å². The lowest BCUT2D eigenvalue weighted by atomic mass is 10.2. The minimum atomic E-state index is 0.661. The fraction of sp³-hybridized carbons (Fsp3) is 0.333. The molecule has 80 valence electrons. The summed E-state index contributed by atoms with van der Waals surface area (Å²) < 4.78 is 5.63. The Morgan fingerprint density at radius 3 is 2.73 bits per heavy atom. The van der Waals surface area contributed by atoms with Crippen LogP contribution in [0.4, 0.5) is 0 Å². The van der Waals surface area contributed by atoms with E-state index in [-0.39, 0.29) is 0 Å². The summed E-state index contributed by atoms with van der Waals surface area (Å²) in [5.74, 6) is 0.867. The topological polar surface area (TPSA) is 21.3 Å². The zero-order chi connectivity index (χ0) is 10.5. The first-order chi connectivity index (χ1) is 7.34. The second-order valence-electron chi connectivity index (χ2n) is 3.57. The number of nitrogens with one attached hydrogen (secondary N) is 1. The van der Waals surface area contributed by atoms with Crippen molar-refractivity contribution in [2.45, 2.75) is 6.42 Å². The molecular weight excluding hydrogens is 210 g/mol. The predicted molar refractivity (Wildman–Crippen MR) is 62.5 cm³/mol.